The highest BCUT2D eigenvalue weighted by molar-refractivity contribution is 5.86. The molecule has 228 valence electrons. The minimum Gasteiger partial charge on any atom is -0.507 e. The second-order valence-electron chi connectivity index (χ2n) is 16.3. The highest BCUT2D eigenvalue weighted by Crippen LogP contribution is 2.48. The van der Waals surface area contributed by atoms with Gasteiger partial charge in [-0.25, -0.2) is 0 Å². The fourth-order valence-corrected chi connectivity index (χ4v) is 5.50. The van der Waals surface area contributed by atoms with Crippen molar-refractivity contribution in [3.05, 3.63) is 57.6 Å². The monoisotopic (exact) mass is 568 g/mol. The lowest BCUT2D eigenvalue weighted by atomic mass is 9.64. The molecule has 4 N–H and O–H groups in total. The SMILES string of the molecule is CC(C)(C)c1cc(C(C)(CC(C)(C(=O)O)c2cc(C(C)(C)C)c(O)c(C(C)(C)C)c2)C(=O)O)cc(C(C)(C)C)c1O. The highest BCUT2D eigenvalue weighted by Gasteiger charge is 2.49. The zero-order chi connectivity index (χ0) is 32.3. The summed E-state index contributed by atoms with van der Waals surface area (Å²) in [4.78, 5) is 26.3. The van der Waals surface area contributed by atoms with Gasteiger partial charge < -0.3 is 20.4 Å². The molecule has 2 aromatic carbocycles. The Hall–Kier alpha value is -3.02. The molecule has 0 aliphatic rings. The summed E-state index contributed by atoms with van der Waals surface area (Å²) < 4.78 is 0. The summed E-state index contributed by atoms with van der Waals surface area (Å²) in [7, 11) is 0. The lowest BCUT2D eigenvalue weighted by Gasteiger charge is -2.38. The third-order valence-corrected chi connectivity index (χ3v) is 8.38. The summed E-state index contributed by atoms with van der Waals surface area (Å²) in [6.45, 7) is 26.6. The number of carbonyl (C=O) groups is 2. The summed E-state index contributed by atoms with van der Waals surface area (Å²) in [5, 5.41) is 44.0. The molecule has 0 heterocycles. The number of hydrogen-bond acceptors (Lipinski definition) is 4. The number of phenolic OH excluding ortho intramolecular Hbond substituents is 2. The first-order valence-electron chi connectivity index (χ1n) is 14.3. The van der Waals surface area contributed by atoms with Gasteiger partial charge in [0.1, 0.15) is 11.5 Å². The van der Waals surface area contributed by atoms with Gasteiger partial charge >= 0.3 is 11.9 Å². The molecule has 0 amide bonds. The number of carboxylic acids is 2. The topological polar surface area (TPSA) is 115 Å². The number of hydrogen-bond donors (Lipinski definition) is 4. The number of rotatable bonds is 6. The standard InChI is InChI=1S/C35H52O6/c1-30(2,3)22-15-20(16-23(26(22)36)31(4,5)6)34(13,28(38)39)19-35(14,29(40)41)21-17-24(32(7,8)9)27(37)25(18-21)33(10,11)12/h15-18,36-37H,19H2,1-14H3,(H,38,39)(H,40,41). The largest absolute Gasteiger partial charge is 0.507 e. The van der Waals surface area contributed by atoms with Crippen molar-refractivity contribution in [1.82, 2.24) is 0 Å². The van der Waals surface area contributed by atoms with Crippen LogP contribution in [0, 0.1) is 0 Å². The van der Waals surface area contributed by atoms with E-state index in [2.05, 4.69) is 0 Å². The molecule has 2 unspecified atom stereocenters. The van der Waals surface area contributed by atoms with Gasteiger partial charge in [0.05, 0.1) is 10.8 Å². The first-order valence-corrected chi connectivity index (χ1v) is 14.3. The molecule has 0 spiro atoms. The van der Waals surface area contributed by atoms with Crippen molar-refractivity contribution in [3.63, 3.8) is 0 Å². The van der Waals surface area contributed by atoms with Gasteiger partial charge in [-0.15, -0.1) is 0 Å². The normalized spacial score (nSPS) is 16.1. The van der Waals surface area contributed by atoms with Crippen LogP contribution in [-0.4, -0.2) is 32.4 Å². The smallest absolute Gasteiger partial charge is 0.313 e. The minimum absolute atomic E-state index is 0.130. The van der Waals surface area contributed by atoms with Crippen LogP contribution in [-0.2, 0) is 42.1 Å². The third-order valence-electron chi connectivity index (χ3n) is 8.38. The van der Waals surface area contributed by atoms with Crippen LogP contribution in [0.5, 0.6) is 11.5 Å². The van der Waals surface area contributed by atoms with Crippen LogP contribution in [0.3, 0.4) is 0 Å². The first kappa shape index (κ1) is 34.2. The fraction of sp³-hybridized carbons (Fsp3) is 0.600. The van der Waals surface area contributed by atoms with E-state index in [9.17, 15) is 30.0 Å². The van der Waals surface area contributed by atoms with Gasteiger partial charge in [0.2, 0.25) is 0 Å². The third kappa shape index (κ3) is 6.57. The number of carboxylic acid groups (broad SMARTS) is 2. The maximum absolute atomic E-state index is 13.2. The summed E-state index contributed by atoms with van der Waals surface area (Å²) in [6, 6.07) is 6.88. The minimum atomic E-state index is -1.62. The molecule has 2 aromatic rings. The van der Waals surface area contributed by atoms with Crippen molar-refractivity contribution >= 4 is 11.9 Å². The van der Waals surface area contributed by atoms with Gasteiger partial charge in [-0.2, -0.15) is 0 Å². The van der Waals surface area contributed by atoms with Crippen molar-refractivity contribution in [1.29, 1.82) is 0 Å². The maximum Gasteiger partial charge on any atom is 0.313 e. The molecule has 6 nitrogen and oxygen atoms in total. The number of phenols is 2. The molecular formula is C35H52O6. The molecule has 2 atom stereocenters. The Bertz CT molecular complexity index is 1170. The number of benzene rings is 2. The zero-order valence-corrected chi connectivity index (χ0v) is 27.6. The van der Waals surface area contributed by atoms with Gasteiger partial charge in [0, 0.05) is 0 Å². The number of aliphatic carboxylic acids is 2. The zero-order valence-electron chi connectivity index (χ0n) is 27.6. The van der Waals surface area contributed by atoms with Crippen LogP contribution in [0.4, 0.5) is 0 Å². The van der Waals surface area contributed by atoms with Crippen LogP contribution in [0.15, 0.2) is 24.3 Å². The molecule has 2 rings (SSSR count). The summed E-state index contributed by atoms with van der Waals surface area (Å²) in [5.41, 5.74) is -1.88. The van der Waals surface area contributed by atoms with E-state index in [1.807, 2.05) is 83.1 Å². The Balaban J connectivity index is 3.01. The average molecular weight is 569 g/mol. The van der Waals surface area contributed by atoms with Gasteiger partial charge in [-0.1, -0.05) is 107 Å². The number of aromatic hydroxyl groups is 2. The Morgan fingerprint density at radius 3 is 0.829 bits per heavy atom. The van der Waals surface area contributed by atoms with Gasteiger partial charge in [0.25, 0.3) is 0 Å². The molecule has 0 saturated carbocycles. The van der Waals surface area contributed by atoms with E-state index in [1.54, 1.807) is 38.1 Å². The second-order valence-corrected chi connectivity index (χ2v) is 16.3. The van der Waals surface area contributed by atoms with Crippen molar-refractivity contribution in [3.8, 4) is 11.5 Å². The van der Waals surface area contributed by atoms with E-state index in [0.29, 0.717) is 33.4 Å². The predicted molar refractivity (Wildman–Crippen MR) is 166 cm³/mol. The average Bonchev–Trinajstić information content (AvgIpc) is 2.75. The van der Waals surface area contributed by atoms with Crippen molar-refractivity contribution in [2.75, 3.05) is 0 Å². The van der Waals surface area contributed by atoms with E-state index in [0.717, 1.165) is 0 Å². The Labute approximate surface area is 246 Å². The molecule has 41 heavy (non-hydrogen) atoms. The molecule has 0 fully saturated rings. The van der Waals surface area contributed by atoms with E-state index in [4.69, 9.17) is 0 Å². The van der Waals surface area contributed by atoms with E-state index >= 15 is 0 Å². The van der Waals surface area contributed by atoms with Crippen LogP contribution in [0.2, 0.25) is 0 Å². The van der Waals surface area contributed by atoms with Gasteiger partial charge in [-0.05, 0) is 75.3 Å². The van der Waals surface area contributed by atoms with Crippen molar-refractivity contribution in [2.24, 2.45) is 0 Å². The Kier molecular flexibility index (Phi) is 8.64. The fourth-order valence-electron chi connectivity index (χ4n) is 5.50. The highest BCUT2D eigenvalue weighted by atomic mass is 16.4. The first-order chi connectivity index (χ1) is 18.1. The van der Waals surface area contributed by atoms with Crippen molar-refractivity contribution < 1.29 is 30.0 Å². The lowest BCUT2D eigenvalue weighted by Crippen LogP contribution is -2.44. The molecule has 0 aliphatic heterocycles. The lowest BCUT2D eigenvalue weighted by molar-refractivity contribution is -0.148. The van der Waals surface area contributed by atoms with Crippen LogP contribution in [0.1, 0.15) is 137 Å². The quantitative estimate of drug-likeness (QED) is 0.280. The molecule has 0 bridgehead atoms. The molecule has 0 saturated heterocycles. The Morgan fingerprint density at radius 1 is 0.488 bits per heavy atom. The predicted octanol–water partition coefficient (Wildman–Crippen LogP) is 8.06. The van der Waals surface area contributed by atoms with Crippen LogP contribution >= 0.6 is 0 Å². The summed E-state index contributed by atoms with van der Waals surface area (Å²) in [6.07, 6.45) is -0.249. The van der Waals surface area contributed by atoms with E-state index in [-0.39, 0.29) is 17.9 Å². The molecular weight excluding hydrogens is 516 g/mol. The van der Waals surface area contributed by atoms with Crippen LogP contribution < -0.4 is 0 Å². The van der Waals surface area contributed by atoms with E-state index < -0.39 is 44.4 Å². The summed E-state index contributed by atoms with van der Waals surface area (Å²) >= 11 is 0. The molecule has 0 radical (unpaired) electrons. The second kappa shape index (κ2) is 10.4. The van der Waals surface area contributed by atoms with E-state index in [1.165, 1.54) is 0 Å². The molecule has 0 aliphatic carbocycles. The van der Waals surface area contributed by atoms with Gasteiger partial charge in [0.15, 0.2) is 0 Å². The molecule has 0 aromatic heterocycles. The summed E-state index contributed by atoms with van der Waals surface area (Å²) in [5.74, 6) is -2.04. The Morgan fingerprint density at radius 2 is 0.683 bits per heavy atom. The van der Waals surface area contributed by atoms with Crippen molar-refractivity contribution in [2.45, 2.75) is 136 Å². The van der Waals surface area contributed by atoms with Gasteiger partial charge in [-0.3, -0.25) is 9.59 Å². The maximum atomic E-state index is 13.2. The van der Waals surface area contributed by atoms with Crippen LogP contribution in [0.25, 0.3) is 0 Å². The molecule has 6 heteroatoms.